The number of aromatic nitrogens is 2. The van der Waals surface area contributed by atoms with E-state index in [0.717, 1.165) is 17.5 Å². The lowest BCUT2D eigenvalue weighted by molar-refractivity contribution is 0.138. The fourth-order valence-corrected chi connectivity index (χ4v) is 2.36. The van der Waals surface area contributed by atoms with E-state index >= 15 is 0 Å². The molecule has 6 heteroatoms. The van der Waals surface area contributed by atoms with Crippen LogP contribution in [0.1, 0.15) is 6.42 Å². The van der Waals surface area contributed by atoms with Crippen LogP contribution >= 0.6 is 0 Å². The van der Waals surface area contributed by atoms with E-state index < -0.39 is 0 Å². The third-order valence-electron chi connectivity index (χ3n) is 3.65. The molecular weight excluding hydrogens is 284 g/mol. The summed E-state index contributed by atoms with van der Waals surface area (Å²) in [6.07, 6.45) is 2.55. The number of nitrogens with zero attached hydrogens (tertiary/aromatic N) is 2. The molecule has 3 rings (SSSR count). The predicted octanol–water partition coefficient (Wildman–Crippen LogP) is 1.62. The Labute approximate surface area is 128 Å². The van der Waals surface area contributed by atoms with Gasteiger partial charge >= 0.3 is 0 Å². The minimum Gasteiger partial charge on any atom is -0.493 e. The van der Waals surface area contributed by atoms with Crippen molar-refractivity contribution in [1.29, 1.82) is 0 Å². The molecule has 22 heavy (non-hydrogen) atoms. The van der Waals surface area contributed by atoms with Gasteiger partial charge in [0.25, 0.3) is 5.56 Å². The van der Waals surface area contributed by atoms with Gasteiger partial charge in [0.15, 0.2) is 11.5 Å². The third kappa shape index (κ3) is 2.96. The van der Waals surface area contributed by atoms with Crippen molar-refractivity contribution >= 4 is 0 Å². The molecule has 0 amide bonds. The fraction of sp³-hybridized carbons (Fsp3) is 0.375. The van der Waals surface area contributed by atoms with E-state index in [2.05, 4.69) is 5.10 Å². The number of rotatable bonds is 4. The smallest absolute Gasteiger partial charge is 0.267 e. The molecule has 2 heterocycles. The summed E-state index contributed by atoms with van der Waals surface area (Å²) in [5.74, 6) is 1.31. The highest BCUT2D eigenvalue weighted by Gasteiger charge is 2.19. The molecule has 0 radical (unpaired) electrons. The summed E-state index contributed by atoms with van der Waals surface area (Å²) in [6.45, 7) is 1.30. The highest BCUT2D eigenvalue weighted by atomic mass is 16.6. The quantitative estimate of drug-likeness (QED) is 0.859. The Balaban J connectivity index is 1.94. The summed E-state index contributed by atoms with van der Waals surface area (Å²) in [4.78, 5) is 11.7. The maximum Gasteiger partial charge on any atom is 0.267 e. The van der Waals surface area contributed by atoms with E-state index in [-0.39, 0.29) is 11.7 Å². The minimum absolute atomic E-state index is 0.0333. The molecule has 0 aliphatic carbocycles. The molecule has 0 spiro atoms. The molecule has 0 bridgehead atoms. The van der Waals surface area contributed by atoms with Gasteiger partial charge in [-0.3, -0.25) is 4.79 Å². The lowest BCUT2D eigenvalue weighted by Crippen LogP contribution is -2.18. The first-order valence-corrected chi connectivity index (χ1v) is 7.13. The Bertz CT molecular complexity index is 720. The zero-order chi connectivity index (χ0) is 15.5. The highest BCUT2D eigenvalue weighted by molar-refractivity contribution is 5.66. The van der Waals surface area contributed by atoms with Crippen molar-refractivity contribution in [2.24, 2.45) is 7.05 Å². The standard InChI is InChI=1S/C16H18N2O4/c1-18-16(19)8-12(9-17-18)11-3-4-14(20-2)15(7-11)22-13-5-6-21-10-13/h3-4,7-9,13H,5-6,10H2,1-2H3/t13-/m0/s1. The number of ether oxygens (including phenoxy) is 3. The zero-order valence-electron chi connectivity index (χ0n) is 12.6. The second-order valence-corrected chi connectivity index (χ2v) is 5.18. The van der Waals surface area contributed by atoms with Crippen LogP contribution in [0.25, 0.3) is 11.1 Å². The number of benzene rings is 1. The van der Waals surface area contributed by atoms with Crippen LogP contribution in [0.3, 0.4) is 0 Å². The van der Waals surface area contributed by atoms with E-state index in [4.69, 9.17) is 14.2 Å². The summed E-state index contributed by atoms with van der Waals surface area (Å²) in [5.41, 5.74) is 1.46. The topological polar surface area (TPSA) is 62.6 Å². The van der Waals surface area contributed by atoms with E-state index in [1.165, 1.54) is 4.68 Å². The first-order valence-electron chi connectivity index (χ1n) is 7.13. The van der Waals surface area contributed by atoms with Crippen molar-refractivity contribution in [3.8, 4) is 22.6 Å². The average molecular weight is 302 g/mol. The Morgan fingerprint density at radius 2 is 2.14 bits per heavy atom. The van der Waals surface area contributed by atoms with E-state index in [0.29, 0.717) is 24.7 Å². The van der Waals surface area contributed by atoms with Crippen LogP contribution in [0, 0.1) is 0 Å². The molecule has 6 nitrogen and oxygen atoms in total. The van der Waals surface area contributed by atoms with Crippen molar-refractivity contribution < 1.29 is 14.2 Å². The highest BCUT2D eigenvalue weighted by Crippen LogP contribution is 2.33. The summed E-state index contributed by atoms with van der Waals surface area (Å²) < 4.78 is 17.9. The molecule has 1 aromatic heterocycles. The van der Waals surface area contributed by atoms with Crippen LogP contribution in [0.5, 0.6) is 11.5 Å². The van der Waals surface area contributed by atoms with Crippen LogP contribution in [-0.2, 0) is 11.8 Å². The Hall–Kier alpha value is -2.34. The Kier molecular flexibility index (Phi) is 4.11. The average Bonchev–Trinajstić information content (AvgIpc) is 3.03. The maximum atomic E-state index is 11.7. The molecule has 0 unspecified atom stereocenters. The van der Waals surface area contributed by atoms with E-state index in [1.54, 1.807) is 26.4 Å². The van der Waals surface area contributed by atoms with Gasteiger partial charge in [0.05, 0.1) is 26.5 Å². The minimum atomic E-state index is -0.153. The monoisotopic (exact) mass is 302 g/mol. The Morgan fingerprint density at radius 3 is 2.82 bits per heavy atom. The van der Waals surface area contributed by atoms with Gasteiger partial charge in [0.2, 0.25) is 0 Å². The van der Waals surface area contributed by atoms with E-state index in [9.17, 15) is 4.79 Å². The first-order chi connectivity index (χ1) is 10.7. The zero-order valence-corrected chi connectivity index (χ0v) is 12.6. The van der Waals surface area contributed by atoms with Crippen molar-refractivity contribution in [2.45, 2.75) is 12.5 Å². The summed E-state index contributed by atoms with van der Waals surface area (Å²) >= 11 is 0. The second-order valence-electron chi connectivity index (χ2n) is 5.18. The SMILES string of the molecule is COc1ccc(-c2cnn(C)c(=O)c2)cc1O[C@H]1CCOC1. The fourth-order valence-electron chi connectivity index (χ4n) is 2.36. The van der Waals surface area contributed by atoms with Gasteiger partial charge < -0.3 is 14.2 Å². The Morgan fingerprint density at radius 1 is 1.27 bits per heavy atom. The molecule has 0 N–H and O–H groups in total. The molecule has 0 saturated carbocycles. The normalized spacial score (nSPS) is 17.5. The second kappa shape index (κ2) is 6.19. The van der Waals surface area contributed by atoms with E-state index in [1.807, 2.05) is 18.2 Å². The van der Waals surface area contributed by atoms with Crippen LogP contribution < -0.4 is 15.0 Å². The lowest BCUT2D eigenvalue weighted by Gasteiger charge is -2.16. The molecule has 1 aromatic carbocycles. The number of methoxy groups -OCH3 is 1. The van der Waals surface area contributed by atoms with Crippen LogP contribution in [0.2, 0.25) is 0 Å². The molecule has 116 valence electrons. The molecule has 1 fully saturated rings. The summed E-state index contributed by atoms with van der Waals surface area (Å²) in [6, 6.07) is 7.14. The van der Waals surface area contributed by atoms with Crippen molar-refractivity contribution in [3.05, 3.63) is 40.8 Å². The molecule has 1 atom stereocenters. The molecule has 1 aliphatic heterocycles. The number of hydrogen-bond donors (Lipinski definition) is 0. The van der Waals surface area contributed by atoms with Crippen LogP contribution in [0.15, 0.2) is 35.3 Å². The lowest BCUT2D eigenvalue weighted by atomic mass is 10.1. The molecule has 1 aliphatic rings. The first kappa shape index (κ1) is 14.6. The van der Waals surface area contributed by atoms with Gasteiger partial charge in [-0.2, -0.15) is 5.10 Å². The van der Waals surface area contributed by atoms with Gasteiger partial charge in [-0.1, -0.05) is 6.07 Å². The maximum absolute atomic E-state index is 11.7. The van der Waals surface area contributed by atoms with Gasteiger partial charge in [-0.25, -0.2) is 4.68 Å². The van der Waals surface area contributed by atoms with Crippen LogP contribution in [0.4, 0.5) is 0 Å². The van der Waals surface area contributed by atoms with Gasteiger partial charge in [0, 0.05) is 25.1 Å². The van der Waals surface area contributed by atoms with Gasteiger partial charge in [-0.05, 0) is 17.7 Å². The van der Waals surface area contributed by atoms with Gasteiger partial charge in [0.1, 0.15) is 6.10 Å². The van der Waals surface area contributed by atoms with Crippen molar-refractivity contribution in [2.75, 3.05) is 20.3 Å². The third-order valence-corrected chi connectivity index (χ3v) is 3.65. The van der Waals surface area contributed by atoms with Crippen molar-refractivity contribution in [1.82, 2.24) is 9.78 Å². The summed E-state index contributed by atoms with van der Waals surface area (Å²) in [7, 11) is 3.22. The van der Waals surface area contributed by atoms with Crippen LogP contribution in [-0.4, -0.2) is 36.2 Å². The molecule has 2 aromatic rings. The predicted molar refractivity (Wildman–Crippen MR) is 81.3 cm³/mol. The van der Waals surface area contributed by atoms with Gasteiger partial charge in [-0.15, -0.1) is 0 Å². The molecule has 1 saturated heterocycles. The summed E-state index contributed by atoms with van der Waals surface area (Å²) in [5, 5.41) is 4.04. The number of hydrogen-bond acceptors (Lipinski definition) is 5. The largest absolute Gasteiger partial charge is 0.493 e. The molecular formula is C16H18N2O4. The van der Waals surface area contributed by atoms with Crippen molar-refractivity contribution in [3.63, 3.8) is 0 Å². The number of aryl methyl sites for hydroxylation is 1.